The second kappa shape index (κ2) is 6.60. The van der Waals surface area contributed by atoms with Crippen LogP contribution in [-0.4, -0.2) is 33.5 Å². The molecule has 1 amide bonds. The Morgan fingerprint density at radius 3 is 2.68 bits per heavy atom. The molecule has 2 fully saturated rings. The van der Waals surface area contributed by atoms with Crippen LogP contribution in [0.25, 0.3) is 0 Å². The maximum absolute atomic E-state index is 13.0. The topological polar surface area (TPSA) is 53.4 Å². The Kier molecular flexibility index (Phi) is 4.30. The molecule has 3 atom stereocenters. The number of nitrogens with zero attached hydrogens (tertiary/aromatic N) is 2. The Morgan fingerprint density at radius 2 is 1.92 bits per heavy atom. The number of benzene rings is 1. The third-order valence-electron chi connectivity index (χ3n) is 5.92. The first-order chi connectivity index (χ1) is 12.2. The van der Waals surface area contributed by atoms with Gasteiger partial charge in [0.15, 0.2) is 0 Å². The fraction of sp³-hybridized carbons (Fsp3) is 0.429. The first kappa shape index (κ1) is 16.3. The Labute approximate surface area is 148 Å². The van der Waals surface area contributed by atoms with E-state index in [-0.39, 0.29) is 17.9 Å². The van der Waals surface area contributed by atoms with E-state index in [1.54, 1.807) is 12.4 Å². The number of hydrogen-bond acceptors (Lipinski definition) is 3. The zero-order chi connectivity index (χ0) is 17.3. The molecular weight excluding hydrogens is 312 g/mol. The maximum Gasteiger partial charge on any atom is 0.254 e. The number of fused-ring (bicyclic) bond motifs is 1. The van der Waals surface area contributed by atoms with Gasteiger partial charge in [0.2, 0.25) is 0 Å². The summed E-state index contributed by atoms with van der Waals surface area (Å²) in [6.45, 7) is 0.584. The van der Waals surface area contributed by atoms with Crippen molar-refractivity contribution < 1.29 is 9.90 Å². The van der Waals surface area contributed by atoms with E-state index in [2.05, 4.69) is 4.98 Å². The summed E-state index contributed by atoms with van der Waals surface area (Å²) in [6.07, 6.45) is 8.22. The van der Waals surface area contributed by atoms with Crippen LogP contribution in [0, 0.1) is 5.92 Å². The molecule has 4 rings (SSSR count). The number of piperidine rings is 1. The highest BCUT2D eigenvalue weighted by Crippen LogP contribution is 2.47. The van der Waals surface area contributed by atoms with Crippen molar-refractivity contribution in [2.75, 3.05) is 6.54 Å². The van der Waals surface area contributed by atoms with E-state index >= 15 is 0 Å². The molecule has 2 heterocycles. The van der Waals surface area contributed by atoms with Crippen molar-refractivity contribution >= 4 is 5.91 Å². The van der Waals surface area contributed by atoms with E-state index in [4.69, 9.17) is 0 Å². The number of aromatic nitrogens is 1. The normalized spacial score (nSPS) is 29.1. The summed E-state index contributed by atoms with van der Waals surface area (Å²) >= 11 is 0. The van der Waals surface area contributed by atoms with Gasteiger partial charge in [0, 0.05) is 42.0 Å². The monoisotopic (exact) mass is 336 g/mol. The van der Waals surface area contributed by atoms with Gasteiger partial charge in [0.25, 0.3) is 5.91 Å². The van der Waals surface area contributed by atoms with Gasteiger partial charge in [-0.1, -0.05) is 37.1 Å². The number of amides is 1. The quantitative estimate of drug-likeness (QED) is 0.915. The number of likely N-dealkylation sites (tertiary alicyclic amines) is 1. The van der Waals surface area contributed by atoms with E-state index in [0.717, 1.165) is 36.8 Å². The van der Waals surface area contributed by atoms with Crippen molar-refractivity contribution in [1.29, 1.82) is 0 Å². The standard InChI is InChI=1S/C21H24N2O2/c24-20(16-7-2-1-3-8-16)23-14-12-21(25,17-9-6-13-22-15-17)18-10-4-5-11-19(18)23/h1-3,6-9,13,15,18-19,25H,4-5,10-12,14H2. The lowest BCUT2D eigenvalue weighted by Gasteiger charge is -2.52. The number of carbonyl (C=O) groups is 1. The van der Waals surface area contributed by atoms with Crippen LogP contribution in [0.4, 0.5) is 0 Å². The Hall–Kier alpha value is -2.20. The zero-order valence-corrected chi connectivity index (χ0v) is 14.3. The number of pyridine rings is 1. The molecule has 1 aliphatic heterocycles. The number of aliphatic hydroxyl groups is 1. The van der Waals surface area contributed by atoms with Gasteiger partial charge in [-0.3, -0.25) is 9.78 Å². The Morgan fingerprint density at radius 1 is 1.12 bits per heavy atom. The van der Waals surface area contributed by atoms with Crippen LogP contribution >= 0.6 is 0 Å². The summed E-state index contributed by atoms with van der Waals surface area (Å²) in [7, 11) is 0. The van der Waals surface area contributed by atoms with E-state index < -0.39 is 5.60 Å². The molecule has 4 heteroatoms. The highest BCUT2D eigenvalue weighted by molar-refractivity contribution is 5.94. The van der Waals surface area contributed by atoms with Crippen LogP contribution in [0.5, 0.6) is 0 Å². The Bertz CT molecular complexity index is 734. The largest absolute Gasteiger partial charge is 0.385 e. The first-order valence-corrected chi connectivity index (χ1v) is 9.19. The van der Waals surface area contributed by atoms with Crippen LogP contribution in [-0.2, 0) is 5.60 Å². The zero-order valence-electron chi connectivity index (χ0n) is 14.3. The van der Waals surface area contributed by atoms with Gasteiger partial charge in [-0.05, 0) is 37.5 Å². The number of rotatable bonds is 2. The van der Waals surface area contributed by atoms with Crippen molar-refractivity contribution in [2.45, 2.75) is 43.7 Å². The lowest BCUT2D eigenvalue weighted by Crippen LogP contribution is -2.59. The number of hydrogen-bond donors (Lipinski definition) is 1. The van der Waals surface area contributed by atoms with Crippen LogP contribution in [0.2, 0.25) is 0 Å². The summed E-state index contributed by atoms with van der Waals surface area (Å²) < 4.78 is 0. The molecule has 1 saturated carbocycles. The molecule has 0 spiro atoms. The molecule has 3 unspecified atom stereocenters. The van der Waals surface area contributed by atoms with Gasteiger partial charge in [-0.2, -0.15) is 0 Å². The van der Waals surface area contributed by atoms with Crippen molar-refractivity contribution in [2.24, 2.45) is 5.92 Å². The average molecular weight is 336 g/mol. The van der Waals surface area contributed by atoms with Crippen molar-refractivity contribution in [1.82, 2.24) is 9.88 Å². The summed E-state index contributed by atoms with van der Waals surface area (Å²) in [5, 5.41) is 11.5. The lowest BCUT2D eigenvalue weighted by atomic mass is 9.66. The molecule has 130 valence electrons. The van der Waals surface area contributed by atoms with Crippen LogP contribution in [0.3, 0.4) is 0 Å². The molecule has 1 saturated heterocycles. The molecule has 25 heavy (non-hydrogen) atoms. The molecule has 4 nitrogen and oxygen atoms in total. The molecule has 1 aliphatic carbocycles. The minimum Gasteiger partial charge on any atom is -0.385 e. The number of carbonyl (C=O) groups excluding carboxylic acids is 1. The van der Waals surface area contributed by atoms with Crippen LogP contribution in [0.15, 0.2) is 54.9 Å². The molecule has 2 aromatic rings. The highest BCUT2D eigenvalue weighted by atomic mass is 16.3. The second-order valence-electron chi connectivity index (χ2n) is 7.24. The summed E-state index contributed by atoms with van der Waals surface area (Å²) in [4.78, 5) is 19.2. The predicted octanol–water partition coefficient (Wildman–Crippen LogP) is 3.37. The summed E-state index contributed by atoms with van der Waals surface area (Å²) in [6, 6.07) is 13.4. The molecule has 0 bridgehead atoms. The summed E-state index contributed by atoms with van der Waals surface area (Å²) in [5.41, 5.74) is 0.740. The van der Waals surface area contributed by atoms with Crippen LogP contribution in [0.1, 0.15) is 48.0 Å². The smallest absolute Gasteiger partial charge is 0.254 e. The SMILES string of the molecule is O=C(c1ccccc1)N1CCC(O)(c2cccnc2)C2CCCCC21. The molecule has 1 N–H and O–H groups in total. The minimum atomic E-state index is -0.882. The predicted molar refractivity (Wildman–Crippen MR) is 96.0 cm³/mol. The van der Waals surface area contributed by atoms with E-state index in [9.17, 15) is 9.90 Å². The van der Waals surface area contributed by atoms with Crippen molar-refractivity contribution in [3.63, 3.8) is 0 Å². The van der Waals surface area contributed by atoms with E-state index in [0.29, 0.717) is 13.0 Å². The highest BCUT2D eigenvalue weighted by Gasteiger charge is 2.50. The average Bonchev–Trinajstić information content (AvgIpc) is 2.69. The molecular formula is C21H24N2O2. The molecule has 1 aromatic carbocycles. The van der Waals surface area contributed by atoms with Gasteiger partial charge in [-0.15, -0.1) is 0 Å². The fourth-order valence-corrected chi connectivity index (χ4v) is 4.66. The van der Waals surface area contributed by atoms with Gasteiger partial charge in [-0.25, -0.2) is 0 Å². The fourth-order valence-electron chi connectivity index (χ4n) is 4.66. The molecule has 1 aromatic heterocycles. The molecule has 2 aliphatic rings. The van der Waals surface area contributed by atoms with E-state index in [1.807, 2.05) is 47.4 Å². The van der Waals surface area contributed by atoms with Crippen molar-refractivity contribution in [3.8, 4) is 0 Å². The van der Waals surface area contributed by atoms with Gasteiger partial charge >= 0.3 is 0 Å². The summed E-state index contributed by atoms with van der Waals surface area (Å²) in [5.74, 6) is 0.164. The minimum absolute atomic E-state index is 0.0758. The van der Waals surface area contributed by atoms with E-state index in [1.165, 1.54) is 0 Å². The Balaban J connectivity index is 1.66. The van der Waals surface area contributed by atoms with Gasteiger partial charge in [0.05, 0.1) is 5.60 Å². The lowest BCUT2D eigenvalue weighted by molar-refractivity contribution is -0.110. The van der Waals surface area contributed by atoms with Crippen molar-refractivity contribution in [3.05, 3.63) is 66.0 Å². The molecule has 0 radical (unpaired) electrons. The first-order valence-electron chi connectivity index (χ1n) is 9.19. The second-order valence-corrected chi connectivity index (χ2v) is 7.24. The third kappa shape index (κ3) is 2.85. The van der Waals surface area contributed by atoms with Gasteiger partial charge in [0.1, 0.15) is 0 Å². The maximum atomic E-state index is 13.0. The van der Waals surface area contributed by atoms with Gasteiger partial charge < -0.3 is 10.0 Å². The van der Waals surface area contributed by atoms with Crippen LogP contribution < -0.4 is 0 Å². The third-order valence-corrected chi connectivity index (χ3v) is 5.92.